The van der Waals surface area contributed by atoms with Gasteiger partial charge in [-0.2, -0.15) is 31.6 Å². The normalized spacial score (nSPS) is 19.1. The van der Waals surface area contributed by atoms with Crippen LogP contribution in [-0.4, -0.2) is 70.1 Å². The van der Waals surface area contributed by atoms with E-state index in [1.54, 1.807) is 60.6 Å². The predicted molar refractivity (Wildman–Crippen MR) is 310 cm³/mol. The van der Waals surface area contributed by atoms with Crippen LogP contribution in [0.2, 0.25) is 0 Å². The molecule has 454 valence electrons. The molecule has 82 heavy (non-hydrogen) atoms. The number of nitriles is 1. The Balaban J connectivity index is 2.17. The van der Waals surface area contributed by atoms with Gasteiger partial charge in [0.2, 0.25) is 6.10 Å². The Morgan fingerprint density at radius 3 is 1.67 bits per heavy atom. The Bertz CT molecular complexity index is 2820. The molecule has 0 spiro atoms. The molecule has 1 saturated heterocycles. The van der Waals surface area contributed by atoms with Crippen molar-refractivity contribution in [3.63, 3.8) is 0 Å². The first-order valence-electron chi connectivity index (χ1n) is 27.7. The van der Waals surface area contributed by atoms with E-state index < -0.39 is 113 Å². The molecular weight excluding hydrogens is 1100 g/mol. The van der Waals surface area contributed by atoms with Crippen LogP contribution in [0.3, 0.4) is 0 Å². The van der Waals surface area contributed by atoms with E-state index in [9.17, 15) is 46.3 Å². The number of methoxy groups -OCH3 is 1. The highest BCUT2D eigenvalue weighted by molar-refractivity contribution is 8.24. The van der Waals surface area contributed by atoms with Gasteiger partial charge in [-0.15, -0.1) is 11.8 Å². The van der Waals surface area contributed by atoms with Gasteiger partial charge in [0.05, 0.1) is 40.2 Å². The van der Waals surface area contributed by atoms with Crippen molar-refractivity contribution in [2.24, 2.45) is 43.3 Å². The van der Waals surface area contributed by atoms with Crippen LogP contribution in [0.1, 0.15) is 184 Å². The summed E-state index contributed by atoms with van der Waals surface area (Å²) in [6, 6.07) is 24.2. The Kier molecular flexibility index (Phi) is 20.5. The molecular formula is C64H85F6NO9S2. The maximum Gasteiger partial charge on any atom is 0.430 e. The Morgan fingerprint density at radius 2 is 1.23 bits per heavy atom. The highest BCUT2D eigenvalue weighted by Gasteiger charge is 2.76. The van der Waals surface area contributed by atoms with Crippen LogP contribution in [0.5, 0.6) is 0 Å². The molecule has 4 rings (SSSR count). The van der Waals surface area contributed by atoms with E-state index in [1.807, 2.05) is 118 Å². The zero-order valence-corrected chi connectivity index (χ0v) is 52.6. The molecule has 0 aliphatic carbocycles. The summed E-state index contributed by atoms with van der Waals surface area (Å²) in [5, 5.41) is 21.9. The van der Waals surface area contributed by atoms with Gasteiger partial charge in [-0.05, 0) is 117 Å². The molecule has 3 aromatic rings. The molecule has 7 unspecified atom stereocenters. The lowest BCUT2D eigenvalue weighted by Gasteiger charge is -2.69. The van der Waals surface area contributed by atoms with Gasteiger partial charge >= 0.3 is 36.2 Å². The third-order valence-corrected chi connectivity index (χ3v) is 22.8. The van der Waals surface area contributed by atoms with Gasteiger partial charge in [0, 0.05) is 23.2 Å². The SMILES string of the molecule is CCC(C)(CC(c1ccc(C(O)(C(F)(F)F)C(F)(F)F)cc1)C(C)(C)SC(=S)c1ccccc1)C(C)(C)C(C)(C(=O)OC1CCOC1=O)C(C)(C)C(C)(CC)C(C)(C(=O)OC(C)(C)c1ccccc1)C(C)(C)C(C)(C#N)CCC(=O)OC. The summed E-state index contributed by atoms with van der Waals surface area (Å²) in [4.78, 5) is 58.8. The number of benzene rings is 3. The number of nitrogens with zero attached hydrogens (tertiary/aromatic N) is 1. The number of carbonyl (C=O) groups is 4. The Hall–Kier alpha value is -4.99. The molecule has 1 aliphatic heterocycles. The van der Waals surface area contributed by atoms with Crippen molar-refractivity contribution in [1.82, 2.24) is 0 Å². The van der Waals surface area contributed by atoms with E-state index in [1.165, 1.54) is 18.9 Å². The summed E-state index contributed by atoms with van der Waals surface area (Å²) in [7, 11) is 1.24. The molecule has 7 atom stereocenters. The maximum atomic E-state index is 16.3. The van der Waals surface area contributed by atoms with Gasteiger partial charge in [-0.3, -0.25) is 14.4 Å². The van der Waals surface area contributed by atoms with E-state index in [4.69, 9.17) is 31.2 Å². The Labute approximate surface area is 491 Å². The minimum absolute atomic E-state index is 0.0192. The first kappa shape index (κ1) is 69.5. The maximum absolute atomic E-state index is 16.3. The zero-order chi connectivity index (χ0) is 62.9. The first-order chi connectivity index (χ1) is 37.3. The molecule has 0 saturated carbocycles. The zero-order valence-electron chi connectivity index (χ0n) is 50.9. The van der Waals surface area contributed by atoms with Gasteiger partial charge < -0.3 is 24.1 Å². The molecule has 1 heterocycles. The van der Waals surface area contributed by atoms with Crippen LogP contribution >= 0.6 is 24.0 Å². The number of ether oxygens (including phenoxy) is 4. The third-order valence-electron chi connectivity index (χ3n) is 21.1. The number of thiocarbonyl (C=S) groups is 1. The van der Waals surface area contributed by atoms with Crippen molar-refractivity contribution in [2.75, 3.05) is 13.7 Å². The number of rotatable bonds is 24. The van der Waals surface area contributed by atoms with Crippen molar-refractivity contribution >= 4 is 52.1 Å². The summed E-state index contributed by atoms with van der Waals surface area (Å²) in [6.07, 6.45) is -13.3. The highest BCUT2D eigenvalue weighted by Crippen LogP contribution is 2.75. The minimum atomic E-state index is -6.14. The van der Waals surface area contributed by atoms with E-state index >= 15 is 9.59 Å². The Morgan fingerprint density at radius 1 is 0.720 bits per heavy atom. The largest absolute Gasteiger partial charge is 0.469 e. The molecule has 1 fully saturated rings. The average molecular weight is 1190 g/mol. The number of hydrogen-bond donors (Lipinski definition) is 1. The minimum Gasteiger partial charge on any atom is -0.469 e. The van der Waals surface area contributed by atoms with Crippen LogP contribution < -0.4 is 0 Å². The fourth-order valence-electron chi connectivity index (χ4n) is 13.1. The summed E-state index contributed by atoms with van der Waals surface area (Å²) in [5.74, 6) is -3.66. The van der Waals surface area contributed by atoms with Gasteiger partial charge in [0.1, 0.15) is 5.60 Å². The quantitative estimate of drug-likeness (QED) is 0.0394. The molecule has 18 heteroatoms. The molecule has 10 nitrogen and oxygen atoms in total. The number of halogens is 6. The molecule has 0 radical (unpaired) electrons. The first-order valence-corrected chi connectivity index (χ1v) is 28.9. The lowest BCUT2D eigenvalue weighted by Crippen LogP contribution is -2.70. The molecule has 0 amide bonds. The fraction of sp³-hybridized carbons (Fsp3) is 0.625. The van der Waals surface area contributed by atoms with Crippen LogP contribution in [0, 0.1) is 54.7 Å². The van der Waals surface area contributed by atoms with E-state index in [-0.39, 0.29) is 45.1 Å². The third kappa shape index (κ3) is 11.9. The van der Waals surface area contributed by atoms with Crippen LogP contribution in [0.15, 0.2) is 84.9 Å². The number of thioether (sulfide) groups is 1. The fourth-order valence-corrected chi connectivity index (χ4v) is 14.9. The summed E-state index contributed by atoms with van der Waals surface area (Å²) in [5.41, 5.74) is -18.3. The van der Waals surface area contributed by atoms with E-state index in [0.717, 1.165) is 12.1 Å². The molecule has 0 aromatic heterocycles. The van der Waals surface area contributed by atoms with E-state index in [2.05, 4.69) is 6.07 Å². The second-order valence-electron chi connectivity index (χ2n) is 25.8. The number of aliphatic hydroxyl groups is 1. The molecule has 1 N–H and O–H groups in total. The lowest BCUT2D eigenvalue weighted by molar-refractivity contribution is -0.376. The molecule has 1 aliphatic rings. The van der Waals surface area contributed by atoms with Crippen molar-refractivity contribution in [2.45, 2.75) is 197 Å². The van der Waals surface area contributed by atoms with Crippen molar-refractivity contribution in [1.29, 1.82) is 5.26 Å². The number of alkyl halides is 6. The van der Waals surface area contributed by atoms with Crippen molar-refractivity contribution in [3.05, 3.63) is 107 Å². The second kappa shape index (κ2) is 24.2. The van der Waals surface area contributed by atoms with Crippen LogP contribution in [-0.2, 0) is 49.3 Å². The van der Waals surface area contributed by atoms with Crippen LogP contribution in [0.25, 0.3) is 0 Å². The summed E-state index contributed by atoms with van der Waals surface area (Å²) < 4.78 is 109. The van der Waals surface area contributed by atoms with E-state index in [0.29, 0.717) is 33.0 Å². The van der Waals surface area contributed by atoms with Gasteiger partial charge in [0.15, 0.2) is 0 Å². The van der Waals surface area contributed by atoms with Gasteiger partial charge in [-0.25, -0.2) is 4.79 Å². The van der Waals surface area contributed by atoms with Crippen molar-refractivity contribution < 1.29 is 69.6 Å². The highest BCUT2D eigenvalue weighted by atomic mass is 32.2. The number of carbonyl (C=O) groups excluding carboxylic acids is 4. The van der Waals surface area contributed by atoms with Crippen molar-refractivity contribution in [3.8, 4) is 6.07 Å². The number of cyclic esters (lactones) is 1. The summed E-state index contributed by atoms with van der Waals surface area (Å²) in [6.45, 7) is 31.1. The number of esters is 4. The smallest absolute Gasteiger partial charge is 0.430 e. The average Bonchev–Trinajstić information content (AvgIpc) is 3.83. The topological polar surface area (TPSA) is 149 Å². The van der Waals surface area contributed by atoms with Gasteiger partial charge in [-0.1, -0.05) is 173 Å². The summed E-state index contributed by atoms with van der Waals surface area (Å²) >= 11 is 7.31. The molecule has 0 bridgehead atoms. The lowest BCUT2D eigenvalue weighted by atomic mass is 9.33. The molecule has 3 aromatic carbocycles. The predicted octanol–water partition coefficient (Wildman–Crippen LogP) is 16.1. The monoisotopic (exact) mass is 1190 g/mol. The number of hydrogen-bond acceptors (Lipinski definition) is 12. The second-order valence-corrected chi connectivity index (χ2v) is 28.1. The van der Waals surface area contributed by atoms with Gasteiger partial charge in [0.25, 0.3) is 5.60 Å². The van der Waals surface area contributed by atoms with Crippen LogP contribution in [0.4, 0.5) is 26.3 Å². The standard InChI is InChI=1S/C64H85F6NO9S2/c1-19-57(13,39-45(53(5,6)82-49(81)42-27-23-21-24-28-42)41-31-33-44(34-32-41)62(76,63(65,66)67)64(68,69)70)54(7,8)60(16,50(74)79-46-36-38-78-48(46)73)56(11,12)59(15,20-2)61(17,51(75)80-52(3,4)43-29-25-22-26-30-43)55(9,10)58(14,40-71)37-35-47(72)77-18/h21-34,45-46,76H,19-20,35-39H2,1-18H3.